The molecule has 1 aromatic carbocycles. The van der Waals surface area contributed by atoms with Gasteiger partial charge in [0, 0.05) is 6.07 Å². The van der Waals surface area contributed by atoms with Gasteiger partial charge in [-0.25, -0.2) is 4.39 Å². The lowest BCUT2D eigenvalue weighted by molar-refractivity contribution is -0.140. The summed E-state index contributed by atoms with van der Waals surface area (Å²) >= 11 is 0. The van der Waals surface area contributed by atoms with Gasteiger partial charge in [-0.05, 0) is 6.07 Å². The van der Waals surface area contributed by atoms with Crippen molar-refractivity contribution < 1.29 is 27.1 Å². The number of benzene rings is 1. The van der Waals surface area contributed by atoms with Gasteiger partial charge in [-0.2, -0.15) is 13.2 Å². The summed E-state index contributed by atoms with van der Waals surface area (Å²) in [6, 6.07) is 1.12. The van der Waals surface area contributed by atoms with Crippen LogP contribution in [0.25, 0.3) is 0 Å². The molecule has 1 amide bonds. The Hall–Kier alpha value is -1.79. The van der Waals surface area contributed by atoms with Crippen LogP contribution in [0.2, 0.25) is 0 Å². The summed E-state index contributed by atoms with van der Waals surface area (Å²) in [5, 5.41) is 2.17. The van der Waals surface area contributed by atoms with Gasteiger partial charge in [-0.1, -0.05) is 0 Å². The summed E-state index contributed by atoms with van der Waals surface area (Å²) in [5.74, 6) is -2.11. The standard InChI is InChI=1S/C9H5F4NO2/c10-5-2-7-6(14-8(15)3-16-7)1-4(5)9(11,12)13/h1-2H,3H2,(H,14,15). The minimum atomic E-state index is -4.80. The number of carbonyl (C=O) groups is 1. The van der Waals surface area contributed by atoms with E-state index in [1.165, 1.54) is 0 Å². The Morgan fingerprint density at radius 1 is 1.31 bits per heavy atom. The fourth-order valence-electron chi connectivity index (χ4n) is 1.32. The van der Waals surface area contributed by atoms with Crippen LogP contribution in [-0.2, 0) is 11.0 Å². The Morgan fingerprint density at radius 3 is 2.62 bits per heavy atom. The highest BCUT2D eigenvalue weighted by Gasteiger charge is 2.36. The third-order valence-electron chi connectivity index (χ3n) is 2.01. The summed E-state index contributed by atoms with van der Waals surface area (Å²) in [7, 11) is 0. The quantitative estimate of drug-likeness (QED) is 0.700. The van der Waals surface area contributed by atoms with Crippen molar-refractivity contribution in [1.29, 1.82) is 0 Å². The fourth-order valence-corrected chi connectivity index (χ4v) is 1.32. The van der Waals surface area contributed by atoms with Gasteiger partial charge in [0.1, 0.15) is 11.6 Å². The van der Waals surface area contributed by atoms with E-state index in [-0.39, 0.29) is 18.0 Å². The SMILES string of the molecule is O=C1COc2cc(F)c(C(F)(F)F)cc2N1. The van der Waals surface area contributed by atoms with Crippen LogP contribution < -0.4 is 10.1 Å². The summed E-state index contributed by atoms with van der Waals surface area (Å²) in [4.78, 5) is 10.9. The molecule has 7 heteroatoms. The summed E-state index contributed by atoms with van der Waals surface area (Å²) in [5.41, 5.74) is -1.61. The second-order valence-electron chi connectivity index (χ2n) is 3.16. The Labute approximate surface area is 87.0 Å². The topological polar surface area (TPSA) is 38.3 Å². The Kier molecular flexibility index (Phi) is 2.25. The Morgan fingerprint density at radius 2 is 2.00 bits per heavy atom. The van der Waals surface area contributed by atoms with E-state index in [2.05, 4.69) is 5.32 Å². The molecule has 0 spiro atoms. The molecule has 0 saturated heterocycles. The number of alkyl halides is 3. The lowest BCUT2D eigenvalue weighted by Gasteiger charge is -2.19. The lowest BCUT2D eigenvalue weighted by Crippen LogP contribution is -2.26. The molecule has 0 bridgehead atoms. The van der Waals surface area contributed by atoms with Crippen LogP contribution in [0.1, 0.15) is 5.56 Å². The Balaban J connectivity index is 2.51. The van der Waals surface area contributed by atoms with Gasteiger partial charge in [0.15, 0.2) is 6.61 Å². The summed E-state index contributed by atoms with van der Waals surface area (Å²) in [6.45, 7) is -0.336. The number of ether oxygens (including phenoxy) is 1. The average Bonchev–Trinajstić information content (AvgIpc) is 2.16. The number of fused-ring (bicyclic) bond motifs is 1. The van der Waals surface area contributed by atoms with E-state index in [1.807, 2.05) is 0 Å². The fraction of sp³-hybridized carbons (Fsp3) is 0.222. The molecule has 0 aromatic heterocycles. The number of hydrogen-bond donors (Lipinski definition) is 1. The number of rotatable bonds is 0. The van der Waals surface area contributed by atoms with Crippen LogP contribution in [0, 0.1) is 5.82 Å². The van der Waals surface area contributed by atoms with E-state index in [9.17, 15) is 22.4 Å². The minimum Gasteiger partial charge on any atom is -0.481 e. The first-order valence-corrected chi connectivity index (χ1v) is 4.21. The Bertz CT molecular complexity index is 456. The van der Waals surface area contributed by atoms with Gasteiger partial charge >= 0.3 is 6.18 Å². The predicted octanol–water partition coefficient (Wildman–Crippen LogP) is 2.18. The second kappa shape index (κ2) is 3.36. The van der Waals surface area contributed by atoms with Crippen molar-refractivity contribution >= 4 is 11.6 Å². The van der Waals surface area contributed by atoms with Gasteiger partial charge < -0.3 is 10.1 Å². The maximum atomic E-state index is 13.1. The second-order valence-corrected chi connectivity index (χ2v) is 3.16. The smallest absolute Gasteiger partial charge is 0.419 e. The van der Waals surface area contributed by atoms with E-state index in [1.54, 1.807) is 0 Å². The molecule has 86 valence electrons. The zero-order valence-electron chi connectivity index (χ0n) is 7.69. The monoisotopic (exact) mass is 235 g/mol. The van der Waals surface area contributed by atoms with Crippen molar-refractivity contribution in [2.75, 3.05) is 11.9 Å². The van der Waals surface area contributed by atoms with E-state index in [0.717, 1.165) is 0 Å². The maximum absolute atomic E-state index is 13.1. The summed E-state index contributed by atoms with van der Waals surface area (Å²) < 4.78 is 54.8. The van der Waals surface area contributed by atoms with Crippen LogP contribution >= 0.6 is 0 Å². The molecule has 0 fully saturated rings. The average molecular weight is 235 g/mol. The van der Waals surface area contributed by atoms with Crippen molar-refractivity contribution in [3.63, 3.8) is 0 Å². The van der Waals surface area contributed by atoms with Gasteiger partial charge in [0.05, 0.1) is 11.3 Å². The molecule has 0 radical (unpaired) electrons. The third kappa shape index (κ3) is 1.80. The van der Waals surface area contributed by atoms with Crippen LogP contribution in [0.15, 0.2) is 12.1 Å². The molecule has 16 heavy (non-hydrogen) atoms. The van der Waals surface area contributed by atoms with Crippen molar-refractivity contribution in [1.82, 2.24) is 0 Å². The van der Waals surface area contributed by atoms with Crippen LogP contribution in [0.3, 0.4) is 0 Å². The third-order valence-corrected chi connectivity index (χ3v) is 2.01. The molecule has 0 atom stereocenters. The van der Waals surface area contributed by atoms with Crippen LogP contribution in [-0.4, -0.2) is 12.5 Å². The largest absolute Gasteiger partial charge is 0.481 e. The molecule has 0 aliphatic carbocycles. The van der Waals surface area contributed by atoms with E-state index >= 15 is 0 Å². The zero-order chi connectivity index (χ0) is 11.9. The molecule has 1 heterocycles. The number of amides is 1. The molecule has 2 rings (SSSR count). The van der Waals surface area contributed by atoms with Crippen LogP contribution in [0.4, 0.5) is 23.2 Å². The maximum Gasteiger partial charge on any atom is 0.419 e. The highest BCUT2D eigenvalue weighted by molar-refractivity contribution is 5.95. The number of hydrogen-bond acceptors (Lipinski definition) is 2. The van der Waals surface area contributed by atoms with E-state index < -0.39 is 23.5 Å². The molecular formula is C9H5F4NO2. The highest BCUT2D eigenvalue weighted by Crippen LogP contribution is 2.38. The number of halogens is 4. The van der Waals surface area contributed by atoms with Crippen molar-refractivity contribution in [2.24, 2.45) is 0 Å². The molecule has 0 unspecified atom stereocenters. The number of nitrogens with one attached hydrogen (secondary N) is 1. The molecule has 1 aliphatic rings. The summed E-state index contributed by atoms with van der Waals surface area (Å²) in [6.07, 6.45) is -4.80. The van der Waals surface area contributed by atoms with Crippen molar-refractivity contribution in [2.45, 2.75) is 6.18 Å². The van der Waals surface area contributed by atoms with Gasteiger partial charge in [0.25, 0.3) is 5.91 Å². The van der Waals surface area contributed by atoms with E-state index in [0.29, 0.717) is 12.1 Å². The molecule has 1 aromatic rings. The van der Waals surface area contributed by atoms with Gasteiger partial charge in [-0.3, -0.25) is 4.79 Å². The molecule has 3 nitrogen and oxygen atoms in total. The molecule has 0 saturated carbocycles. The van der Waals surface area contributed by atoms with E-state index in [4.69, 9.17) is 4.74 Å². The molecule has 1 aliphatic heterocycles. The highest BCUT2D eigenvalue weighted by atomic mass is 19.4. The first-order valence-electron chi connectivity index (χ1n) is 4.21. The first kappa shape index (κ1) is 10.7. The lowest BCUT2D eigenvalue weighted by atomic mass is 10.1. The predicted molar refractivity (Wildman–Crippen MR) is 45.5 cm³/mol. The van der Waals surface area contributed by atoms with Gasteiger partial charge in [0.2, 0.25) is 0 Å². The first-order chi connectivity index (χ1) is 7.38. The van der Waals surface area contributed by atoms with Crippen molar-refractivity contribution in [3.05, 3.63) is 23.5 Å². The van der Waals surface area contributed by atoms with Gasteiger partial charge in [-0.15, -0.1) is 0 Å². The number of anilines is 1. The number of carbonyl (C=O) groups excluding carboxylic acids is 1. The normalized spacial score (nSPS) is 15.1. The van der Waals surface area contributed by atoms with Crippen LogP contribution in [0.5, 0.6) is 5.75 Å². The molecular weight excluding hydrogens is 230 g/mol. The van der Waals surface area contributed by atoms with Crippen molar-refractivity contribution in [3.8, 4) is 5.75 Å². The zero-order valence-corrected chi connectivity index (χ0v) is 7.69. The minimum absolute atomic E-state index is 0.106. The molecule has 1 N–H and O–H groups in total.